The zero-order valence-electron chi connectivity index (χ0n) is 15.9. The van der Waals surface area contributed by atoms with Crippen molar-refractivity contribution in [2.45, 2.75) is 44.1 Å². The van der Waals surface area contributed by atoms with Gasteiger partial charge in [0.15, 0.2) is 5.83 Å². The molecule has 3 heterocycles. The fourth-order valence-electron chi connectivity index (χ4n) is 3.52. The fourth-order valence-corrected chi connectivity index (χ4v) is 4.96. The maximum atomic E-state index is 13.6. The van der Waals surface area contributed by atoms with Crippen LogP contribution in [-0.4, -0.2) is 48.2 Å². The molecule has 0 saturated carbocycles. The summed E-state index contributed by atoms with van der Waals surface area (Å²) < 4.78 is 61.6. The Morgan fingerprint density at radius 1 is 1.20 bits per heavy atom. The van der Waals surface area contributed by atoms with E-state index in [4.69, 9.17) is 18.3 Å². The highest BCUT2D eigenvalue weighted by molar-refractivity contribution is 7.48. The largest absolute Gasteiger partial charge is 0.475 e. The lowest BCUT2D eigenvalue weighted by molar-refractivity contribution is -0.146. The monoisotopic (exact) mass is 443 g/mol. The first kappa shape index (κ1) is 21.3. The lowest BCUT2D eigenvalue weighted by Gasteiger charge is -2.30. The molecule has 1 aromatic rings. The number of Topliss-reactive ketones (excluding diaryl/α,β-unsaturated/α-hetero) is 1. The molecule has 2 saturated heterocycles. The van der Waals surface area contributed by atoms with E-state index < -0.39 is 50.2 Å². The van der Waals surface area contributed by atoms with Crippen molar-refractivity contribution in [1.29, 1.82) is 0 Å². The van der Waals surface area contributed by atoms with Crippen LogP contribution < -0.4 is 0 Å². The molecule has 2 fully saturated rings. The van der Waals surface area contributed by atoms with Gasteiger partial charge in [-0.1, -0.05) is 18.2 Å². The van der Waals surface area contributed by atoms with Crippen LogP contribution in [0.25, 0.3) is 0 Å². The van der Waals surface area contributed by atoms with E-state index >= 15 is 0 Å². The Kier molecular flexibility index (Phi) is 6.13. The molecule has 8 nitrogen and oxygen atoms in total. The van der Waals surface area contributed by atoms with Gasteiger partial charge in [-0.3, -0.25) is 28.1 Å². The third kappa shape index (κ3) is 4.53. The van der Waals surface area contributed by atoms with E-state index in [1.807, 2.05) is 0 Å². The van der Waals surface area contributed by atoms with Crippen LogP contribution in [0.15, 0.2) is 36.3 Å². The molecule has 162 valence electrons. The first-order chi connectivity index (χ1) is 14.3. The Morgan fingerprint density at radius 2 is 2.00 bits per heavy atom. The number of carbonyl (C=O) groups is 2. The van der Waals surface area contributed by atoms with Gasteiger partial charge in [0.25, 0.3) is 0 Å². The van der Waals surface area contributed by atoms with Gasteiger partial charge in [0.05, 0.1) is 19.6 Å². The number of halogens is 2. The number of phosphoric acid groups is 1. The lowest BCUT2D eigenvalue weighted by atomic mass is 10.1. The molecule has 4 rings (SSSR count). The van der Waals surface area contributed by atoms with Gasteiger partial charge in [-0.2, -0.15) is 0 Å². The van der Waals surface area contributed by atoms with Crippen LogP contribution in [0, 0.1) is 5.82 Å². The maximum absolute atomic E-state index is 13.6. The van der Waals surface area contributed by atoms with Crippen molar-refractivity contribution in [2.24, 2.45) is 0 Å². The lowest BCUT2D eigenvalue weighted by Crippen LogP contribution is -2.40. The number of ketones is 1. The zero-order chi connectivity index (χ0) is 21.3. The SMILES string of the molecule is O=C1CC(=O)N([C@H]2C[C@@H]3OP(=O)(OCCCc4ccccc4F)OC[C@H]3O2)C=C1F. The molecule has 1 aromatic carbocycles. The highest BCUT2D eigenvalue weighted by Crippen LogP contribution is 2.56. The van der Waals surface area contributed by atoms with E-state index in [1.165, 1.54) is 6.07 Å². The number of phosphoric ester groups is 1. The van der Waals surface area contributed by atoms with Crippen LogP contribution in [0.3, 0.4) is 0 Å². The van der Waals surface area contributed by atoms with Crippen molar-refractivity contribution >= 4 is 19.5 Å². The average molecular weight is 443 g/mol. The number of ether oxygens (including phenoxy) is 1. The van der Waals surface area contributed by atoms with Gasteiger partial charge in [-0.15, -0.1) is 0 Å². The minimum Gasteiger partial charge on any atom is -0.349 e. The number of allylic oxidation sites excluding steroid dienone is 1. The number of carbonyl (C=O) groups excluding carboxylic acids is 2. The maximum Gasteiger partial charge on any atom is 0.475 e. The summed E-state index contributed by atoms with van der Waals surface area (Å²) in [6, 6.07) is 6.37. The predicted octanol–water partition coefficient (Wildman–Crippen LogP) is 3.03. The Labute approximate surface area is 171 Å². The van der Waals surface area contributed by atoms with Gasteiger partial charge in [0.1, 0.15) is 24.3 Å². The van der Waals surface area contributed by atoms with Crippen LogP contribution in [0.1, 0.15) is 24.8 Å². The number of hydrogen-bond acceptors (Lipinski definition) is 7. The third-order valence-corrected chi connectivity index (χ3v) is 6.56. The van der Waals surface area contributed by atoms with Crippen LogP contribution in [0.5, 0.6) is 0 Å². The number of aryl methyl sites for hydroxylation is 1. The third-order valence-electron chi connectivity index (χ3n) is 5.07. The average Bonchev–Trinajstić information content (AvgIpc) is 3.12. The van der Waals surface area contributed by atoms with Crippen molar-refractivity contribution < 1.29 is 41.2 Å². The Bertz CT molecular complexity index is 924. The first-order valence-electron chi connectivity index (χ1n) is 9.53. The number of rotatable bonds is 6. The zero-order valence-corrected chi connectivity index (χ0v) is 16.8. The Balaban J connectivity index is 1.30. The van der Waals surface area contributed by atoms with Crippen molar-refractivity contribution in [3.8, 4) is 0 Å². The molecule has 1 amide bonds. The van der Waals surface area contributed by atoms with Crippen molar-refractivity contribution in [2.75, 3.05) is 13.2 Å². The van der Waals surface area contributed by atoms with Crippen LogP contribution in [0.4, 0.5) is 8.78 Å². The quantitative estimate of drug-likeness (QED) is 0.379. The second kappa shape index (κ2) is 8.64. The van der Waals surface area contributed by atoms with Crippen molar-refractivity contribution in [3.05, 3.63) is 47.7 Å². The first-order valence-corrected chi connectivity index (χ1v) is 11.0. The van der Waals surface area contributed by atoms with Gasteiger partial charge in [-0.05, 0) is 24.5 Å². The molecule has 0 aliphatic carbocycles. The molecule has 1 unspecified atom stereocenters. The van der Waals surface area contributed by atoms with E-state index in [9.17, 15) is 22.9 Å². The standard InChI is InChI=1S/C19H20F2NO7P/c20-13-6-2-1-4-12(13)5-3-7-26-30(25)27-11-17-16(29-30)9-19(28-17)22-10-14(21)15(23)8-18(22)24/h1-2,4,6,10,16-17,19H,3,5,7-9,11H2/t16-,17+,19+,30?/m0/s1. The van der Waals surface area contributed by atoms with E-state index in [0.29, 0.717) is 18.4 Å². The molecule has 0 radical (unpaired) electrons. The summed E-state index contributed by atoms with van der Waals surface area (Å²) in [5, 5.41) is 0. The highest BCUT2D eigenvalue weighted by Gasteiger charge is 2.49. The van der Waals surface area contributed by atoms with Crippen molar-refractivity contribution in [3.63, 3.8) is 0 Å². The highest BCUT2D eigenvalue weighted by atomic mass is 31.2. The number of amides is 1. The topological polar surface area (TPSA) is 91.4 Å². The predicted molar refractivity (Wildman–Crippen MR) is 98.0 cm³/mol. The molecule has 0 N–H and O–H groups in total. The molecule has 3 aliphatic heterocycles. The van der Waals surface area contributed by atoms with Crippen LogP contribution in [0.2, 0.25) is 0 Å². The molecule has 0 aromatic heterocycles. The number of benzene rings is 1. The van der Waals surface area contributed by atoms with Gasteiger partial charge in [0, 0.05) is 12.6 Å². The van der Waals surface area contributed by atoms with Gasteiger partial charge in [0.2, 0.25) is 11.7 Å². The second-order valence-electron chi connectivity index (χ2n) is 7.16. The molecule has 4 atom stereocenters. The second-order valence-corrected chi connectivity index (χ2v) is 8.78. The Morgan fingerprint density at radius 3 is 2.80 bits per heavy atom. The van der Waals surface area contributed by atoms with Crippen LogP contribution in [-0.2, 0) is 38.9 Å². The summed E-state index contributed by atoms with van der Waals surface area (Å²) >= 11 is 0. The number of nitrogens with zero attached hydrogens (tertiary/aromatic N) is 1. The molecular weight excluding hydrogens is 423 g/mol. The summed E-state index contributed by atoms with van der Waals surface area (Å²) in [5.74, 6) is -2.79. The van der Waals surface area contributed by atoms with E-state index in [1.54, 1.807) is 18.2 Å². The smallest absolute Gasteiger partial charge is 0.349 e. The summed E-state index contributed by atoms with van der Waals surface area (Å²) in [6.45, 7) is -0.0487. The normalized spacial score (nSPS) is 31.6. The summed E-state index contributed by atoms with van der Waals surface area (Å²) in [5.41, 5.74) is 0.530. The molecule has 3 aliphatic rings. The molecule has 0 spiro atoms. The molecular formula is C19H20F2NO7P. The van der Waals surface area contributed by atoms with Gasteiger partial charge < -0.3 is 4.74 Å². The molecule has 11 heteroatoms. The summed E-state index contributed by atoms with van der Waals surface area (Å²) in [7, 11) is -3.84. The molecule has 0 bridgehead atoms. The van der Waals surface area contributed by atoms with Crippen molar-refractivity contribution in [1.82, 2.24) is 4.90 Å². The minimum atomic E-state index is -3.84. The minimum absolute atomic E-state index is 0.0357. The fraction of sp³-hybridized carbons (Fsp3) is 0.474. The van der Waals surface area contributed by atoms with E-state index in [2.05, 4.69) is 0 Å². The van der Waals surface area contributed by atoms with Gasteiger partial charge >= 0.3 is 7.82 Å². The summed E-state index contributed by atoms with van der Waals surface area (Å²) in [6.07, 6.45) is -0.969. The number of hydrogen-bond donors (Lipinski definition) is 0. The number of fused-ring (bicyclic) bond motifs is 1. The molecule has 30 heavy (non-hydrogen) atoms. The van der Waals surface area contributed by atoms with E-state index in [0.717, 1.165) is 11.1 Å². The summed E-state index contributed by atoms with van der Waals surface area (Å²) in [4.78, 5) is 24.3. The van der Waals surface area contributed by atoms with E-state index in [-0.39, 0.29) is 25.5 Å². The Hall–Kier alpha value is -1.97. The van der Waals surface area contributed by atoms with Crippen LogP contribution >= 0.6 is 7.82 Å². The van der Waals surface area contributed by atoms with Gasteiger partial charge in [-0.25, -0.2) is 13.3 Å².